The van der Waals surface area contributed by atoms with Gasteiger partial charge in [-0.25, -0.2) is 9.07 Å². The van der Waals surface area contributed by atoms with Crippen LogP contribution >= 0.6 is 11.6 Å². The number of halogens is 2. The smallest absolute Gasteiger partial charge is 0.270 e. The van der Waals surface area contributed by atoms with Gasteiger partial charge in [-0.05, 0) is 56.3 Å². The third-order valence-corrected chi connectivity index (χ3v) is 5.65. The number of likely N-dealkylation sites (tertiary alicyclic amines) is 1. The fourth-order valence-electron chi connectivity index (χ4n) is 3.75. The molecule has 30 heavy (non-hydrogen) atoms. The Morgan fingerprint density at radius 1 is 1.07 bits per heavy atom. The number of benzene rings is 2. The predicted molar refractivity (Wildman–Crippen MR) is 117 cm³/mol. The summed E-state index contributed by atoms with van der Waals surface area (Å²) < 4.78 is 15.8. The molecule has 1 aliphatic heterocycles. The average Bonchev–Trinajstić information content (AvgIpc) is 3.20. The Bertz CT molecular complexity index is 1030. The van der Waals surface area contributed by atoms with Gasteiger partial charge in [-0.15, -0.1) is 0 Å². The second kappa shape index (κ2) is 9.41. The van der Waals surface area contributed by atoms with Gasteiger partial charge < -0.3 is 10.2 Å². The minimum absolute atomic E-state index is 0.262. The summed E-state index contributed by atoms with van der Waals surface area (Å²) in [6.45, 7) is 3.50. The Morgan fingerprint density at radius 2 is 1.80 bits per heavy atom. The van der Waals surface area contributed by atoms with Crippen LogP contribution in [0.1, 0.15) is 29.8 Å². The molecule has 0 saturated carbocycles. The molecular formula is C23H24ClFN4O. The molecule has 2 heterocycles. The van der Waals surface area contributed by atoms with E-state index < -0.39 is 5.82 Å². The van der Waals surface area contributed by atoms with E-state index in [1.807, 2.05) is 12.1 Å². The number of amides is 1. The first-order valence-corrected chi connectivity index (χ1v) is 10.6. The molecule has 0 unspecified atom stereocenters. The molecule has 4 rings (SSSR count). The van der Waals surface area contributed by atoms with E-state index in [4.69, 9.17) is 11.6 Å². The lowest BCUT2D eigenvalue weighted by atomic mass is 10.1. The SMILES string of the molecule is O=C(NCCN1CCCCC1)c1cc(-c2ccccc2F)nn1-c1ccccc1Cl. The summed E-state index contributed by atoms with van der Waals surface area (Å²) in [5, 5.41) is 7.95. The Kier molecular flexibility index (Phi) is 6.45. The van der Waals surface area contributed by atoms with Crippen molar-refractivity contribution in [2.45, 2.75) is 19.3 Å². The van der Waals surface area contributed by atoms with Gasteiger partial charge in [0.25, 0.3) is 5.91 Å². The summed E-state index contributed by atoms with van der Waals surface area (Å²) in [6, 6.07) is 15.1. The van der Waals surface area contributed by atoms with Gasteiger partial charge in [0.1, 0.15) is 11.5 Å². The Hall–Kier alpha value is -2.70. The summed E-state index contributed by atoms with van der Waals surface area (Å²) in [5.41, 5.74) is 1.61. The number of para-hydroxylation sites is 1. The lowest BCUT2D eigenvalue weighted by Crippen LogP contribution is -2.38. The molecule has 156 valence electrons. The van der Waals surface area contributed by atoms with E-state index in [9.17, 15) is 9.18 Å². The second-order valence-corrected chi connectivity index (χ2v) is 7.82. The molecule has 1 amide bonds. The van der Waals surface area contributed by atoms with Crippen molar-refractivity contribution in [1.82, 2.24) is 20.0 Å². The van der Waals surface area contributed by atoms with Crippen LogP contribution in [0.4, 0.5) is 4.39 Å². The number of carbonyl (C=O) groups is 1. The van der Waals surface area contributed by atoms with E-state index in [0.29, 0.717) is 34.2 Å². The molecule has 1 saturated heterocycles. The number of rotatable bonds is 6. The number of hydrogen-bond donors (Lipinski definition) is 1. The van der Waals surface area contributed by atoms with E-state index >= 15 is 0 Å². The van der Waals surface area contributed by atoms with Gasteiger partial charge >= 0.3 is 0 Å². The molecule has 3 aromatic rings. The van der Waals surface area contributed by atoms with Gasteiger partial charge in [-0.2, -0.15) is 5.10 Å². The van der Waals surface area contributed by atoms with Crippen LogP contribution in [0.3, 0.4) is 0 Å². The molecule has 7 heteroatoms. The van der Waals surface area contributed by atoms with E-state index in [1.165, 1.54) is 30.0 Å². The molecule has 0 radical (unpaired) electrons. The van der Waals surface area contributed by atoms with Crippen molar-refractivity contribution >= 4 is 17.5 Å². The lowest BCUT2D eigenvalue weighted by Gasteiger charge is -2.26. The Labute approximate surface area is 180 Å². The minimum Gasteiger partial charge on any atom is -0.349 e. The fraction of sp³-hybridized carbons (Fsp3) is 0.304. The normalized spacial score (nSPS) is 14.6. The highest BCUT2D eigenvalue weighted by Crippen LogP contribution is 2.27. The Morgan fingerprint density at radius 3 is 2.57 bits per heavy atom. The largest absolute Gasteiger partial charge is 0.349 e. The fourth-order valence-corrected chi connectivity index (χ4v) is 3.97. The zero-order valence-electron chi connectivity index (χ0n) is 16.7. The van der Waals surface area contributed by atoms with Crippen molar-refractivity contribution in [2.75, 3.05) is 26.2 Å². The highest BCUT2D eigenvalue weighted by Gasteiger charge is 2.20. The predicted octanol–water partition coefficient (Wildman–Crippen LogP) is 4.55. The van der Waals surface area contributed by atoms with Crippen LogP contribution in [0.15, 0.2) is 54.6 Å². The van der Waals surface area contributed by atoms with Crippen molar-refractivity contribution in [3.8, 4) is 16.9 Å². The van der Waals surface area contributed by atoms with Gasteiger partial charge in [0.2, 0.25) is 0 Å². The topological polar surface area (TPSA) is 50.2 Å². The quantitative estimate of drug-likeness (QED) is 0.629. The van der Waals surface area contributed by atoms with Gasteiger partial charge in [-0.1, -0.05) is 42.3 Å². The molecule has 0 atom stereocenters. The van der Waals surface area contributed by atoms with Crippen molar-refractivity contribution in [2.24, 2.45) is 0 Å². The molecule has 1 N–H and O–H groups in total. The molecule has 1 aromatic heterocycles. The van der Waals surface area contributed by atoms with Gasteiger partial charge in [0.15, 0.2) is 0 Å². The van der Waals surface area contributed by atoms with Gasteiger partial charge in [0, 0.05) is 18.7 Å². The standard InChI is InChI=1S/C23H24ClFN4O/c24-18-9-3-5-11-21(18)29-22(16-20(27-29)17-8-2-4-10-19(17)25)23(30)26-12-15-28-13-6-1-7-14-28/h2-5,8-11,16H,1,6-7,12-15H2,(H,26,30). The first kappa shape index (κ1) is 20.6. The van der Waals surface area contributed by atoms with Crippen LogP contribution in [0, 0.1) is 5.82 Å². The maximum Gasteiger partial charge on any atom is 0.270 e. The number of carbonyl (C=O) groups excluding carboxylic acids is 1. The van der Waals surface area contributed by atoms with Crippen molar-refractivity contribution in [3.63, 3.8) is 0 Å². The van der Waals surface area contributed by atoms with Crippen LogP contribution in [-0.4, -0.2) is 46.8 Å². The van der Waals surface area contributed by atoms with Crippen molar-refractivity contribution < 1.29 is 9.18 Å². The maximum atomic E-state index is 14.3. The molecule has 2 aromatic carbocycles. The average molecular weight is 427 g/mol. The first-order chi connectivity index (χ1) is 14.6. The highest BCUT2D eigenvalue weighted by atomic mass is 35.5. The number of nitrogens with zero attached hydrogens (tertiary/aromatic N) is 3. The van der Waals surface area contributed by atoms with Gasteiger partial charge in [-0.3, -0.25) is 4.79 Å². The zero-order chi connectivity index (χ0) is 20.9. The number of nitrogens with one attached hydrogen (secondary N) is 1. The summed E-state index contributed by atoms with van der Waals surface area (Å²) in [5.74, 6) is -0.652. The number of hydrogen-bond acceptors (Lipinski definition) is 3. The summed E-state index contributed by atoms with van der Waals surface area (Å²) in [4.78, 5) is 15.4. The highest BCUT2D eigenvalue weighted by molar-refractivity contribution is 6.32. The zero-order valence-corrected chi connectivity index (χ0v) is 17.4. The van der Waals surface area contributed by atoms with Gasteiger partial charge in [0.05, 0.1) is 16.4 Å². The lowest BCUT2D eigenvalue weighted by molar-refractivity contribution is 0.0939. The number of aromatic nitrogens is 2. The van der Waals surface area contributed by atoms with E-state index in [0.717, 1.165) is 19.6 Å². The molecule has 1 aliphatic rings. The third-order valence-electron chi connectivity index (χ3n) is 5.33. The number of piperidine rings is 1. The summed E-state index contributed by atoms with van der Waals surface area (Å²) in [6.07, 6.45) is 3.69. The molecular weight excluding hydrogens is 403 g/mol. The third kappa shape index (κ3) is 4.55. The summed E-state index contributed by atoms with van der Waals surface area (Å²) >= 11 is 6.35. The molecule has 0 aliphatic carbocycles. The van der Waals surface area contributed by atoms with E-state index in [1.54, 1.807) is 36.4 Å². The van der Waals surface area contributed by atoms with Crippen LogP contribution in [-0.2, 0) is 0 Å². The Balaban J connectivity index is 1.61. The minimum atomic E-state index is -0.390. The first-order valence-electron chi connectivity index (χ1n) is 10.2. The monoisotopic (exact) mass is 426 g/mol. The van der Waals surface area contributed by atoms with Crippen LogP contribution in [0.2, 0.25) is 5.02 Å². The van der Waals surface area contributed by atoms with Crippen molar-refractivity contribution in [3.05, 3.63) is 71.1 Å². The summed E-state index contributed by atoms with van der Waals surface area (Å²) in [7, 11) is 0. The second-order valence-electron chi connectivity index (χ2n) is 7.42. The molecule has 5 nitrogen and oxygen atoms in total. The van der Waals surface area contributed by atoms with Crippen LogP contribution < -0.4 is 5.32 Å². The van der Waals surface area contributed by atoms with E-state index in [-0.39, 0.29) is 5.91 Å². The van der Waals surface area contributed by atoms with Crippen molar-refractivity contribution in [1.29, 1.82) is 0 Å². The van der Waals surface area contributed by atoms with E-state index in [2.05, 4.69) is 15.3 Å². The molecule has 0 bridgehead atoms. The van der Waals surface area contributed by atoms with Crippen LogP contribution in [0.5, 0.6) is 0 Å². The maximum absolute atomic E-state index is 14.3. The van der Waals surface area contributed by atoms with Crippen LogP contribution in [0.25, 0.3) is 16.9 Å². The molecule has 0 spiro atoms. The molecule has 1 fully saturated rings.